The fourth-order valence-electron chi connectivity index (χ4n) is 4.00. The van der Waals surface area contributed by atoms with Crippen molar-refractivity contribution in [2.75, 3.05) is 30.9 Å². The highest BCUT2D eigenvalue weighted by atomic mass is 32.2. The van der Waals surface area contributed by atoms with Gasteiger partial charge in [0, 0.05) is 19.3 Å². The molecule has 3 unspecified atom stereocenters. The molecule has 0 aromatic heterocycles. The van der Waals surface area contributed by atoms with Crippen LogP contribution < -0.4 is 4.90 Å². The maximum absolute atomic E-state index is 12.6. The van der Waals surface area contributed by atoms with E-state index < -0.39 is 39.3 Å². The zero-order chi connectivity index (χ0) is 24.0. The van der Waals surface area contributed by atoms with E-state index in [0.717, 1.165) is 42.3 Å². The maximum Gasteiger partial charge on any atom is 0.188 e. The number of aliphatic hydroxyl groups excluding tert-OH is 3. The lowest BCUT2D eigenvalue weighted by Gasteiger charge is -2.36. The number of hydrogen-bond donors (Lipinski definition) is 3. The van der Waals surface area contributed by atoms with Gasteiger partial charge in [-0.1, -0.05) is 18.2 Å². The number of fused-ring (bicyclic) bond motifs is 1. The lowest BCUT2D eigenvalue weighted by molar-refractivity contribution is -0.0148. The number of aliphatic hydroxyl groups is 3. The molecule has 3 N–H and O–H groups in total. The molecule has 9 heteroatoms. The fraction of sp³-hybridized carbons (Fsp3) is 0.458. The van der Waals surface area contributed by atoms with Crippen molar-refractivity contribution in [3.8, 4) is 6.07 Å². The normalized spacial score (nSPS) is 19.3. The van der Waals surface area contributed by atoms with Crippen molar-refractivity contribution in [3.05, 3.63) is 46.9 Å². The van der Waals surface area contributed by atoms with Gasteiger partial charge in [-0.05, 0) is 66.3 Å². The van der Waals surface area contributed by atoms with Gasteiger partial charge in [0.1, 0.15) is 23.3 Å². The van der Waals surface area contributed by atoms with Crippen molar-refractivity contribution in [2.24, 2.45) is 0 Å². The van der Waals surface area contributed by atoms with Crippen LogP contribution in [0, 0.1) is 11.3 Å². The first-order valence-corrected chi connectivity index (χ1v) is 12.6. The molecule has 178 valence electrons. The number of nitriles is 1. The van der Waals surface area contributed by atoms with Crippen molar-refractivity contribution in [1.29, 1.82) is 5.26 Å². The summed E-state index contributed by atoms with van der Waals surface area (Å²) in [6.07, 6.45) is 1.50. The first-order valence-electron chi connectivity index (χ1n) is 10.9. The molecule has 0 aliphatic carbocycles. The molecule has 3 rings (SSSR count). The molecule has 0 bridgehead atoms. The summed E-state index contributed by atoms with van der Waals surface area (Å²) in [7, 11) is -2.24. The van der Waals surface area contributed by atoms with Crippen molar-refractivity contribution in [3.63, 3.8) is 0 Å². The average Bonchev–Trinajstić information content (AvgIpc) is 2.84. The van der Waals surface area contributed by atoms with E-state index in [0.29, 0.717) is 5.56 Å². The van der Waals surface area contributed by atoms with Crippen molar-refractivity contribution in [2.45, 2.75) is 44.1 Å². The third-order valence-corrected chi connectivity index (χ3v) is 7.61. The summed E-state index contributed by atoms with van der Waals surface area (Å²) < 4.78 is 30.7. The molecule has 2 aromatic carbocycles. The number of benzene rings is 2. The van der Waals surface area contributed by atoms with Gasteiger partial charge in [0.25, 0.3) is 0 Å². The van der Waals surface area contributed by atoms with E-state index in [1.807, 2.05) is 24.3 Å². The highest BCUT2D eigenvalue weighted by molar-refractivity contribution is 7.95. The van der Waals surface area contributed by atoms with E-state index in [1.165, 1.54) is 6.08 Å². The van der Waals surface area contributed by atoms with Gasteiger partial charge in [0.05, 0.1) is 18.5 Å². The molecule has 3 atom stereocenters. The Labute approximate surface area is 194 Å². The predicted octanol–water partition coefficient (Wildman–Crippen LogP) is 2.19. The largest absolute Gasteiger partial charge is 0.394 e. The minimum atomic E-state index is -3.96. The Morgan fingerprint density at radius 1 is 1.21 bits per heavy atom. The second kappa shape index (κ2) is 11.1. The van der Waals surface area contributed by atoms with Gasteiger partial charge in [0.15, 0.2) is 9.84 Å². The van der Waals surface area contributed by atoms with Crippen LogP contribution >= 0.6 is 0 Å². The van der Waals surface area contributed by atoms with Crippen LogP contribution in [0.2, 0.25) is 0 Å². The van der Waals surface area contributed by atoms with Crippen LogP contribution in [0.25, 0.3) is 16.8 Å². The minimum absolute atomic E-state index is 0.0545. The molecule has 1 saturated heterocycles. The van der Waals surface area contributed by atoms with E-state index in [9.17, 15) is 23.9 Å². The molecule has 0 spiro atoms. The smallest absolute Gasteiger partial charge is 0.188 e. The van der Waals surface area contributed by atoms with Gasteiger partial charge >= 0.3 is 0 Å². The third kappa shape index (κ3) is 6.10. The maximum atomic E-state index is 12.6. The zero-order valence-electron chi connectivity index (χ0n) is 18.6. The fourth-order valence-corrected chi connectivity index (χ4v) is 5.23. The number of methoxy groups -OCH3 is 1. The molecular weight excluding hydrogens is 444 g/mol. The molecule has 1 aliphatic rings. The Bertz CT molecular complexity index is 1140. The highest BCUT2D eigenvalue weighted by Crippen LogP contribution is 2.29. The van der Waals surface area contributed by atoms with E-state index in [1.54, 1.807) is 19.2 Å². The molecule has 33 heavy (non-hydrogen) atoms. The summed E-state index contributed by atoms with van der Waals surface area (Å²) in [5.41, 5.74) is 1.64. The second-order valence-electron chi connectivity index (χ2n) is 8.22. The van der Waals surface area contributed by atoms with E-state index in [4.69, 9.17) is 9.84 Å². The quantitative estimate of drug-likeness (QED) is 0.472. The second-order valence-corrected chi connectivity index (χ2v) is 10.3. The topological polar surface area (TPSA) is 131 Å². The van der Waals surface area contributed by atoms with Crippen molar-refractivity contribution < 1.29 is 28.5 Å². The van der Waals surface area contributed by atoms with Crippen LogP contribution in [-0.4, -0.2) is 68.2 Å². The number of anilines is 1. The summed E-state index contributed by atoms with van der Waals surface area (Å²) in [4.78, 5) is 1.83. The standard InChI is InChI=1S/C24H30N2O6S/c1-32-24-4-2-3-10-26(24)20-8-7-18-12-17(5-6-19(18)14-20)13-21(15-25)33(30,31)11-9-22(28)23(29)16-27/h5-8,12-14,22-24,27-29H,2-4,9-11,16H2,1H3/b21-13+. The average molecular weight is 475 g/mol. The van der Waals surface area contributed by atoms with E-state index in [-0.39, 0.29) is 12.6 Å². The number of sulfone groups is 1. The van der Waals surface area contributed by atoms with Gasteiger partial charge in [-0.2, -0.15) is 5.26 Å². The molecule has 1 heterocycles. The summed E-state index contributed by atoms with van der Waals surface area (Å²) >= 11 is 0. The van der Waals surface area contributed by atoms with Crippen LogP contribution in [0.1, 0.15) is 31.2 Å². The Morgan fingerprint density at radius 2 is 1.94 bits per heavy atom. The molecule has 0 saturated carbocycles. The first kappa shape index (κ1) is 25.1. The van der Waals surface area contributed by atoms with Gasteiger partial charge in [-0.15, -0.1) is 0 Å². The van der Waals surface area contributed by atoms with Crippen molar-refractivity contribution >= 4 is 32.4 Å². The summed E-state index contributed by atoms with van der Waals surface area (Å²) in [5, 5.41) is 39.3. The Kier molecular flexibility index (Phi) is 8.46. The van der Waals surface area contributed by atoms with Gasteiger partial charge in [-0.25, -0.2) is 8.42 Å². The number of allylic oxidation sites excluding steroid dienone is 1. The van der Waals surface area contributed by atoms with E-state index in [2.05, 4.69) is 11.0 Å². The first-order chi connectivity index (χ1) is 15.8. The lowest BCUT2D eigenvalue weighted by Crippen LogP contribution is -2.40. The number of piperidine rings is 1. The number of ether oxygens (including phenoxy) is 1. The molecule has 1 fully saturated rings. The molecular formula is C24H30N2O6S. The summed E-state index contributed by atoms with van der Waals surface area (Å²) in [5.74, 6) is -0.516. The Balaban J connectivity index is 1.82. The predicted molar refractivity (Wildman–Crippen MR) is 127 cm³/mol. The van der Waals surface area contributed by atoms with Gasteiger partial charge in [0.2, 0.25) is 0 Å². The number of rotatable bonds is 9. The van der Waals surface area contributed by atoms with Gasteiger partial charge < -0.3 is 25.0 Å². The molecule has 0 radical (unpaired) electrons. The van der Waals surface area contributed by atoms with Gasteiger partial charge in [-0.3, -0.25) is 0 Å². The lowest BCUT2D eigenvalue weighted by atomic mass is 10.0. The SMILES string of the molecule is COC1CCCCN1c1ccc2cc(/C=C(\C#N)S(=O)(=O)CCC(O)C(O)CO)ccc2c1. The summed E-state index contributed by atoms with van der Waals surface area (Å²) in [6.45, 7) is 0.253. The highest BCUT2D eigenvalue weighted by Gasteiger charge is 2.24. The third-order valence-electron chi connectivity index (χ3n) is 5.96. The molecule has 1 aliphatic heterocycles. The van der Waals surface area contributed by atoms with Crippen LogP contribution in [0.4, 0.5) is 5.69 Å². The molecule has 2 aromatic rings. The summed E-state index contributed by atoms with van der Waals surface area (Å²) in [6, 6.07) is 13.3. The monoisotopic (exact) mass is 474 g/mol. The minimum Gasteiger partial charge on any atom is -0.394 e. The van der Waals surface area contributed by atoms with Crippen LogP contribution in [0.5, 0.6) is 0 Å². The van der Waals surface area contributed by atoms with Crippen LogP contribution in [0.3, 0.4) is 0 Å². The molecule has 0 amide bonds. The number of nitrogens with zero attached hydrogens (tertiary/aromatic N) is 2. The van der Waals surface area contributed by atoms with E-state index >= 15 is 0 Å². The molecule has 8 nitrogen and oxygen atoms in total. The number of hydrogen-bond acceptors (Lipinski definition) is 8. The van der Waals surface area contributed by atoms with Crippen LogP contribution in [-0.2, 0) is 14.6 Å². The Morgan fingerprint density at radius 3 is 2.64 bits per heavy atom. The zero-order valence-corrected chi connectivity index (χ0v) is 19.4. The van der Waals surface area contributed by atoms with Crippen LogP contribution in [0.15, 0.2) is 41.3 Å². The van der Waals surface area contributed by atoms with Crippen molar-refractivity contribution in [1.82, 2.24) is 0 Å². The Hall–Kier alpha value is -2.48.